The fourth-order valence-electron chi connectivity index (χ4n) is 1.59. The van der Waals surface area contributed by atoms with Gasteiger partial charge < -0.3 is 19.7 Å². The number of hydrogen-bond donors (Lipinski definition) is 1. The minimum absolute atomic E-state index is 0.191. The Morgan fingerprint density at radius 1 is 1.10 bits per heavy atom. The average molecular weight is 283 g/mol. The van der Waals surface area contributed by atoms with E-state index in [1.807, 2.05) is 18.7 Å². The molecule has 1 aromatic rings. The molecule has 1 N–H and O–H groups in total. The standard InChI is InChI=1S/C13H25N5O2/c1-6-18(7-2)12-15-11(14-5)16-13(17-12)20-9-8-19-10(3)4/h10H,6-9H2,1-5H3,(H,14,15,16,17). The SMILES string of the molecule is CCN(CC)c1nc(NC)nc(OCCOC(C)C)n1. The van der Waals surface area contributed by atoms with Crippen LogP contribution in [0.2, 0.25) is 0 Å². The van der Waals surface area contributed by atoms with E-state index in [4.69, 9.17) is 9.47 Å². The Balaban J connectivity index is 2.72. The molecule has 20 heavy (non-hydrogen) atoms. The molecule has 0 aliphatic rings. The van der Waals surface area contributed by atoms with Crippen LogP contribution in [-0.2, 0) is 4.74 Å². The molecule has 0 spiro atoms. The molecule has 1 aromatic heterocycles. The molecule has 1 heterocycles. The smallest absolute Gasteiger partial charge is 0.323 e. The lowest BCUT2D eigenvalue weighted by molar-refractivity contribution is 0.0531. The Morgan fingerprint density at radius 3 is 2.35 bits per heavy atom. The summed E-state index contributed by atoms with van der Waals surface area (Å²) in [6.45, 7) is 10.7. The van der Waals surface area contributed by atoms with Gasteiger partial charge in [-0.3, -0.25) is 0 Å². The van der Waals surface area contributed by atoms with Crippen LogP contribution in [0.3, 0.4) is 0 Å². The van der Waals surface area contributed by atoms with Crippen LogP contribution in [0.5, 0.6) is 6.01 Å². The molecular formula is C13H25N5O2. The molecule has 7 nitrogen and oxygen atoms in total. The van der Waals surface area contributed by atoms with Crippen molar-refractivity contribution < 1.29 is 9.47 Å². The van der Waals surface area contributed by atoms with Crippen molar-refractivity contribution in [2.24, 2.45) is 0 Å². The van der Waals surface area contributed by atoms with E-state index >= 15 is 0 Å². The first-order valence-electron chi connectivity index (χ1n) is 7.03. The number of nitrogens with one attached hydrogen (secondary N) is 1. The molecule has 0 aliphatic carbocycles. The van der Waals surface area contributed by atoms with Gasteiger partial charge in [0.1, 0.15) is 6.61 Å². The van der Waals surface area contributed by atoms with Gasteiger partial charge in [0.2, 0.25) is 11.9 Å². The highest BCUT2D eigenvalue weighted by atomic mass is 16.5. The Labute approximate surface area is 120 Å². The molecule has 0 radical (unpaired) electrons. The minimum atomic E-state index is 0.191. The summed E-state index contributed by atoms with van der Waals surface area (Å²) in [4.78, 5) is 14.9. The lowest BCUT2D eigenvalue weighted by atomic mass is 10.5. The molecule has 0 unspecified atom stereocenters. The maximum Gasteiger partial charge on any atom is 0.323 e. The second-order valence-electron chi connectivity index (χ2n) is 4.43. The van der Waals surface area contributed by atoms with Gasteiger partial charge in [-0.15, -0.1) is 0 Å². The van der Waals surface area contributed by atoms with E-state index in [0.29, 0.717) is 31.1 Å². The van der Waals surface area contributed by atoms with Gasteiger partial charge in [-0.25, -0.2) is 0 Å². The quantitative estimate of drug-likeness (QED) is 0.689. The summed E-state index contributed by atoms with van der Waals surface area (Å²) in [6, 6.07) is 0.318. The first-order valence-corrected chi connectivity index (χ1v) is 7.03. The van der Waals surface area contributed by atoms with Gasteiger partial charge in [-0.05, 0) is 27.7 Å². The number of hydrogen-bond acceptors (Lipinski definition) is 7. The van der Waals surface area contributed by atoms with Crippen LogP contribution in [-0.4, -0.2) is 54.4 Å². The van der Waals surface area contributed by atoms with E-state index in [-0.39, 0.29) is 6.10 Å². The summed E-state index contributed by atoms with van der Waals surface area (Å²) in [5, 5.41) is 2.92. The van der Waals surface area contributed by atoms with Crippen LogP contribution in [0, 0.1) is 0 Å². The highest BCUT2D eigenvalue weighted by molar-refractivity contribution is 5.37. The molecule has 0 amide bonds. The van der Waals surface area contributed by atoms with Crippen LogP contribution in [0.4, 0.5) is 11.9 Å². The summed E-state index contributed by atoms with van der Waals surface area (Å²) in [6.07, 6.45) is 0.191. The topological polar surface area (TPSA) is 72.4 Å². The van der Waals surface area contributed by atoms with Crippen molar-refractivity contribution in [3.8, 4) is 6.01 Å². The molecule has 0 aliphatic heterocycles. The fraction of sp³-hybridized carbons (Fsp3) is 0.769. The Bertz CT molecular complexity index is 396. The van der Waals surface area contributed by atoms with E-state index in [0.717, 1.165) is 13.1 Å². The monoisotopic (exact) mass is 283 g/mol. The maximum absolute atomic E-state index is 5.52. The van der Waals surface area contributed by atoms with Crippen LogP contribution in [0.15, 0.2) is 0 Å². The Morgan fingerprint density at radius 2 is 1.80 bits per heavy atom. The molecule has 0 aromatic carbocycles. The third-order valence-corrected chi connectivity index (χ3v) is 2.64. The summed E-state index contributed by atoms with van der Waals surface area (Å²) >= 11 is 0. The van der Waals surface area contributed by atoms with Crippen molar-refractivity contribution in [1.82, 2.24) is 15.0 Å². The van der Waals surface area contributed by atoms with Crippen molar-refractivity contribution in [2.75, 3.05) is 43.6 Å². The van der Waals surface area contributed by atoms with Crippen LogP contribution >= 0.6 is 0 Å². The summed E-state index contributed by atoms with van der Waals surface area (Å²) < 4.78 is 10.9. The van der Waals surface area contributed by atoms with Crippen molar-refractivity contribution in [3.63, 3.8) is 0 Å². The van der Waals surface area contributed by atoms with E-state index in [1.165, 1.54) is 0 Å². The number of anilines is 2. The molecule has 0 fully saturated rings. The minimum Gasteiger partial charge on any atom is -0.461 e. The van der Waals surface area contributed by atoms with E-state index in [2.05, 4.69) is 34.1 Å². The van der Waals surface area contributed by atoms with Crippen LogP contribution in [0.1, 0.15) is 27.7 Å². The average Bonchev–Trinajstić information content (AvgIpc) is 2.44. The molecule has 0 saturated heterocycles. The van der Waals surface area contributed by atoms with Gasteiger partial charge in [-0.1, -0.05) is 0 Å². The molecular weight excluding hydrogens is 258 g/mol. The first kappa shape index (κ1) is 16.4. The summed E-state index contributed by atoms with van der Waals surface area (Å²) in [5.41, 5.74) is 0. The van der Waals surface area contributed by atoms with E-state index < -0.39 is 0 Å². The van der Waals surface area contributed by atoms with Gasteiger partial charge in [0.05, 0.1) is 12.7 Å². The zero-order valence-electron chi connectivity index (χ0n) is 13.0. The number of ether oxygens (including phenoxy) is 2. The van der Waals surface area contributed by atoms with E-state index in [1.54, 1.807) is 7.05 Å². The number of nitrogens with zero attached hydrogens (tertiary/aromatic N) is 4. The Hall–Kier alpha value is -1.63. The highest BCUT2D eigenvalue weighted by Gasteiger charge is 2.11. The third kappa shape index (κ3) is 5.16. The van der Waals surface area contributed by atoms with Crippen molar-refractivity contribution in [2.45, 2.75) is 33.8 Å². The molecule has 114 valence electrons. The predicted molar refractivity (Wildman–Crippen MR) is 79.5 cm³/mol. The Kier molecular flexibility index (Phi) is 7.00. The predicted octanol–water partition coefficient (Wildman–Crippen LogP) is 1.56. The molecule has 1 rings (SSSR count). The van der Waals surface area contributed by atoms with Gasteiger partial charge >= 0.3 is 6.01 Å². The van der Waals surface area contributed by atoms with Crippen LogP contribution in [0.25, 0.3) is 0 Å². The lowest BCUT2D eigenvalue weighted by Gasteiger charge is -2.19. The normalized spacial score (nSPS) is 10.7. The molecule has 0 saturated carbocycles. The molecule has 0 bridgehead atoms. The van der Waals surface area contributed by atoms with Gasteiger partial charge in [-0.2, -0.15) is 15.0 Å². The van der Waals surface area contributed by atoms with Crippen molar-refractivity contribution in [3.05, 3.63) is 0 Å². The first-order chi connectivity index (χ1) is 9.60. The highest BCUT2D eigenvalue weighted by Crippen LogP contribution is 2.14. The van der Waals surface area contributed by atoms with Crippen molar-refractivity contribution in [1.29, 1.82) is 0 Å². The molecule has 7 heteroatoms. The van der Waals surface area contributed by atoms with Gasteiger partial charge in [0.25, 0.3) is 0 Å². The fourth-order valence-corrected chi connectivity index (χ4v) is 1.59. The maximum atomic E-state index is 5.52. The van der Waals surface area contributed by atoms with Gasteiger partial charge in [0.15, 0.2) is 0 Å². The summed E-state index contributed by atoms with van der Waals surface area (Å²) in [5.74, 6) is 1.12. The van der Waals surface area contributed by atoms with Crippen LogP contribution < -0.4 is 15.0 Å². The summed E-state index contributed by atoms with van der Waals surface area (Å²) in [7, 11) is 1.77. The number of rotatable bonds is 9. The zero-order chi connectivity index (χ0) is 15.0. The zero-order valence-corrected chi connectivity index (χ0v) is 13.0. The second kappa shape index (κ2) is 8.52. The second-order valence-corrected chi connectivity index (χ2v) is 4.43. The van der Waals surface area contributed by atoms with Crippen molar-refractivity contribution >= 4 is 11.9 Å². The number of aromatic nitrogens is 3. The van der Waals surface area contributed by atoms with E-state index in [9.17, 15) is 0 Å². The largest absolute Gasteiger partial charge is 0.461 e. The van der Waals surface area contributed by atoms with Gasteiger partial charge in [0, 0.05) is 20.1 Å². The lowest BCUT2D eigenvalue weighted by Crippen LogP contribution is -2.25. The third-order valence-electron chi connectivity index (χ3n) is 2.64. The molecule has 0 atom stereocenters.